The summed E-state index contributed by atoms with van der Waals surface area (Å²) in [5.74, 6) is -18.4. The molecule has 2 aromatic heterocycles. The molecule has 0 saturated heterocycles. The van der Waals surface area contributed by atoms with Crippen LogP contribution < -0.4 is 85.5 Å². The van der Waals surface area contributed by atoms with E-state index in [4.69, 9.17) is 10.8 Å². The number of phenols is 1. The number of fused-ring (bicyclic) bond motifs is 2. The summed E-state index contributed by atoms with van der Waals surface area (Å²) in [7, 11) is 0. The Kier molecular flexibility index (Phi) is 38.4. The average molecular weight is 1720 g/mol. The minimum absolute atomic E-state index is 0.0901. The van der Waals surface area contributed by atoms with Gasteiger partial charge in [0.15, 0.2) is 0 Å². The molecule has 39 nitrogen and oxygen atoms in total. The van der Waals surface area contributed by atoms with Gasteiger partial charge in [-0.2, -0.15) is 25.3 Å². The number of carbonyl (C=O) groups excluding carboxylic acids is 15. The molecular weight excluding hydrogens is 1610 g/mol. The van der Waals surface area contributed by atoms with Crippen molar-refractivity contribution in [2.75, 3.05) is 37.7 Å². The summed E-state index contributed by atoms with van der Waals surface area (Å²) in [6, 6.07) is 8.57. The highest BCUT2D eigenvalue weighted by Crippen LogP contribution is 2.22. The molecule has 0 saturated carbocycles. The third-order valence-electron chi connectivity index (χ3n) is 18.8. The number of phenolic OH excluding ortho intramolecular Hbond substituents is 1. The number of aromatic hydroxyl groups is 1. The zero-order valence-electron chi connectivity index (χ0n) is 67.5. The molecule has 6 rings (SSSR count). The maximum absolute atomic E-state index is 15.2. The highest BCUT2D eigenvalue weighted by atomic mass is 32.1. The number of aliphatic carboxylic acids is 2. The van der Waals surface area contributed by atoms with Gasteiger partial charge < -0.3 is 116 Å². The molecule has 15 amide bonds. The summed E-state index contributed by atoms with van der Waals surface area (Å²) >= 11 is 8.48. The summed E-state index contributed by atoms with van der Waals surface area (Å²) in [6.45, 7) is 7.50. The molecular formula is C80H106N18O21S2. The number of carbonyl (C=O) groups is 17. The van der Waals surface area contributed by atoms with E-state index in [1.807, 2.05) is 13.8 Å². The van der Waals surface area contributed by atoms with E-state index in [0.717, 1.165) is 0 Å². The number of aliphatic hydroxyl groups excluding tert-OH is 1. The van der Waals surface area contributed by atoms with Crippen molar-refractivity contribution in [3.63, 3.8) is 0 Å². The van der Waals surface area contributed by atoms with Gasteiger partial charge in [-0.05, 0) is 92.0 Å². The third-order valence-corrected chi connectivity index (χ3v) is 19.5. The SMILES string of the molecule is CC(C)C[C@H](NC(=O)[C@H](CC(=O)O)NC(=O)[C@H](CO)NC(=O)[C@H](C)NC(=O)[C@H](CS)NC(=O)CNC(=O)[C@@H](N)CC(C)C)C(=O)N[C@@H](C)C(=O)NCC(=O)N[C@@H](Cc1ccccc1)C(=O)N[C@@H](Cc1c[nH]c2ccccc12)C(=O)N[C@@H](Cc1ccc(O)cc1)C(=O)N[C@@H](CS)C(=O)N[C@@H](Cc1c[nH]c2ccccc12)C(=O)N[C@@H](C)C(=O)NCC(=O)O. The van der Waals surface area contributed by atoms with E-state index in [2.05, 4.69) is 115 Å². The number of thiol groups is 2. The van der Waals surface area contributed by atoms with Gasteiger partial charge in [-0.15, -0.1) is 0 Å². The van der Waals surface area contributed by atoms with Crippen LogP contribution in [0.15, 0.2) is 116 Å². The maximum Gasteiger partial charge on any atom is 0.322 e. The van der Waals surface area contributed by atoms with Crippen molar-refractivity contribution < 1.29 is 102 Å². The largest absolute Gasteiger partial charge is 0.508 e. The number of nitrogens with two attached hydrogens (primary N) is 1. The molecule has 0 aliphatic heterocycles. The number of hydrogen-bond acceptors (Lipinski definition) is 22. The van der Waals surface area contributed by atoms with Crippen LogP contribution in [-0.2, 0) is 107 Å². The van der Waals surface area contributed by atoms with Crippen LogP contribution in [0.1, 0.15) is 90.0 Å². The number of aromatic nitrogens is 2. The molecule has 0 unspecified atom stereocenters. The van der Waals surface area contributed by atoms with E-state index in [9.17, 15) is 92.0 Å². The van der Waals surface area contributed by atoms with Gasteiger partial charge in [-0.25, -0.2) is 0 Å². The first kappa shape index (κ1) is 97.2. The Labute approximate surface area is 706 Å². The monoisotopic (exact) mass is 1720 g/mol. The molecule has 6 aromatic rings. The van der Waals surface area contributed by atoms with Gasteiger partial charge in [0.1, 0.15) is 84.8 Å². The molecule has 0 radical (unpaired) electrons. The summed E-state index contributed by atoms with van der Waals surface area (Å²) in [5.41, 5.74) is 9.17. The minimum atomic E-state index is -1.97. The molecule has 0 aliphatic rings. The number of benzene rings is 4. The fourth-order valence-electron chi connectivity index (χ4n) is 12.4. The number of para-hydroxylation sites is 2. The predicted molar refractivity (Wildman–Crippen MR) is 447 cm³/mol. The first-order chi connectivity index (χ1) is 57.4. The van der Waals surface area contributed by atoms with Gasteiger partial charge in [0.2, 0.25) is 88.6 Å². The van der Waals surface area contributed by atoms with Crippen molar-refractivity contribution in [2.45, 2.75) is 172 Å². The molecule has 0 fully saturated rings. The van der Waals surface area contributed by atoms with Crippen LogP contribution in [0.5, 0.6) is 5.75 Å². The first-order valence-electron chi connectivity index (χ1n) is 38.8. The van der Waals surface area contributed by atoms with Crippen molar-refractivity contribution in [3.05, 3.63) is 138 Å². The molecule has 121 heavy (non-hydrogen) atoms. The van der Waals surface area contributed by atoms with Crippen molar-refractivity contribution in [1.82, 2.24) is 89.7 Å². The lowest BCUT2D eigenvalue weighted by Crippen LogP contribution is -2.61. The van der Waals surface area contributed by atoms with Crippen LogP contribution in [0.25, 0.3) is 21.8 Å². The summed E-state index contributed by atoms with van der Waals surface area (Å²) in [5, 5.41) is 77.3. The number of carboxylic acids is 2. The molecule has 23 N–H and O–H groups in total. The Balaban J connectivity index is 1.14. The normalized spacial score (nSPS) is 14.4. The number of rotatable bonds is 48. The highest BCUT2D eigenvalue weighted by molar-refractivity contribution is 7.80. The Bertz CT molecular complexity index is 4660. The number of H-pyrrole nitrogens is 2. The van der Waals surface area contributed by atoms with Gasteiger partial charge in [0.25, 0.3) is 0 Å². The third kappa shape index (κ3) is 31.6. The number of aromatic amines is 2. The lowest BCUT2D eigenvalue weighted by molar-refractivity contribution is -0.142. The molecule has 4 aromatic carbocycles. The van der Waals surface area contributed by atoms with Crippen molar-refractivity contribution in [2.24, 2.45) is 17.6 Å². The van der Waals surface area contributed by atoms with Crippen molar-refractivity contribution >= 4 is 148 Å². The van der Waals surface area contributed by atoms with Crippen LogP contribution in [0.4, 0.5) is 0 Å². The van der Waals surface area contributed by atoms with Crippen molar-refractivity contribution in [1.29, 1.82) is 0 Å². The number of hydrogen-bond donors (Lipinski definition) is 24. The Morgan fingerprint density at radius 3 is 1.17 bits per heavy atom. The van der Waals surface area contributed by atoms with E-state index in [1.54, 1.807) is 105 Å². The fourth-order valence-corrected chi connectivity index (χ4v) is 12.9. The highest BCUT2D eigenvalue weighted by Gasteiger charge is 2.38. The average Bonchev–Trinajstić information content (AvgIpc) is 1.71. The molecule has 2 heterocycles. The number of nitrogens with one attached hydrogen (secondary N) is 17. The topological polar surface area (TPSA) is 609 Å². The zero-order valence-corrected chi connectivity index (χ0v) is 69.3. The van der Waals surface area contributed by atoms with Crippen LogP contribution in [0.3, 0.4) is 0 Å². The Morgan fingerprint density at radius 1 is 0.355 bits per heavy atom. The quantitative estimate of drug-likeness (QED) is 0.0166. The molecule has 13 atom stereocenters. The van der Waals surface area contributed by atoms with E-state index in [-0.39, 0.29) is 55.4 Å². The fraction of sp³-hybridized carbons (Fsp3) is 0.438. The number of aliphatic hydroxyl groups is 1. The standard InChI is InChI=1S/C80H106N18O21S2/c1-40(2)25-52(81)71(110)85-35-65(102)91-62(38-120)79(118)89-44(7)70(109)97-61(37-99)78(117)96-60(31-66(103)104)77(116)92-55(26-41(3)4)72(111)87-42(5)68(107)84-34-64(101)90-56(27-45-15-9-8-10-16-45)74(113)94-59(30-48-33-83-54-20-14-12-18-51(48)54)76(115)93-57(28-46-21-23-49(100)24-22-46)75(114)98-63(39-121)80(119)95-58(29-47-32-82-53-19-13-11-17-50(47)53)73(112)88-43(6)69(108)86-36-67(105)106/h8-24,32-33,40-44,52,55-63,82-83,99-100,120-121H,25-31,34-39,81H2,1-7H3,(H,84,107)(H,85,110)(H,86,108)(H,87,111)(H,88,112)(H,89,118)(H,90,101)(H,91,102)(H,92,116)(H,93,115)(H,94,113)(H,95,119)(H,96,117)(H,97,109)(H,98,114)(H,103,104)(H,105,106)/t42-,43-,44-,52-,55-,56-,57-,58-,59-,60-,61-,62-,63-/m0/s1. The van der Waals surface area contributed by atoms with E-state index in [0.29, 0.717) is 50.5 Å². The van der Waals surface area contributed by atoms with Gasteiger partial charge >= 0.3 is 11.9 Å². The predicted octanol–water partition coefficient (Wildman–Crippen LogP) is -3.32. The minimum Gasteiger partial charge on any atom is -0.508 e. The molecule has 654 valence electrons. The second-order valence-corrected chi connectivity index (χ2v) is 30.3. The summed E-state index contributed by atoms with van der Waals surface area (Å²) in [6.07, 6.45) is 1.40. The van der Waals surface area contributed by atoms with Crippen LogP contribution in [0.2, 0.25) is 0 Å². The smallest absolute Gasteiger partial charge is 0.322 e. The van der Waals surface area contributed by atoms with Crippen LogP contribution in [0, 0.1) is 11.8 Å². The van der Waals surface area contributed by atoms with Gasteiger partial charge in [-0.3, -0.25) is 81.5 Å². The van der Waals surface area contributed by atoms with Crippen LogP contribution >= 0.6 is 25.3 Å². The van der Waals surface area contributed by atoms with Gasteiger partial charge in [-0.1, -0.05) is 107 Å². The number of carboxylic acid groups (broad SMARTS) is 2. The van der Waals surface area contributed by atoms with E-state index < -0.39 is 218 Å². The van der Waals surface area contributed by atoms with Crippen molar-refractivity contribution in [3.8, 4) is 5.75 Å². The lowest BCUT2D eigenvalue weighted by atomic mass is 10.0. The number of amides is 15. The lowest BCUT2D eigenvalue weighted by Gasteiger charge is -2.27. The second-order valence-electron chi connectivity index (χ2n) is 29.6. The zero-order chi connectivity index (χ0) is 89.3. The van der Waals surface area contributed by atoms with E-state index >= 15 is 4.79 Å². The molecule has 0 bridgehead atoms. The summed E-state index contributed by atoms with van der Waals surface area (Å²) < 4.78 is 0. The molecule has 41 heteroatoms. The molecule has 0 aliphatic carbocycles. The molecule has 0 spiro atoms. The van der Waals surface area contributed by atoms with Gasteiger partial charge in [0, 0.05) is 71.4 Å². The maximum atomic E-state index is 15.2. The van der Waals surface area contributed by atoms with Gasteiger partial charge in [0.05, 0.1) is 32.2 Å². The van der Waals surface area contributed by atoms with Crippen LogP contribution in [-0.4, -0.2) is 247 Å². The summed E-state index contributed by atoms with van der Waals surface area (Å²) in [4.78, 5) is 237. The Hall–Kier alpha value is -12.6. The second kappa shape index (κ2) is 47.8. The van der Waals surface area contributed by atoms with E-state index in [1.165, 1.54) is 45.0 Å². The first-order valence-corrected chi connectivity index (χ1v) is 40.0. The Morgan fingerprint density at radius 2 is 0.702 bits per heavy atom.